The molecule has 12 N–H and O–H groups in total. The number of esters is 1. The van der Waals surface area contributed by atoms with Gasteiger partial charge in [0, 0.05) is 13.0 Å². The van der Waals surface area contributed by atoms with Gasteiger partial charge in [0.15, 0.2) is 18.9 Å². The van der Waals surface area contributed by atoms with E-state index in [1.54, 1.807) is 0 Å². The number of hydrogen-bond acceptors (Lipinski definition) is 21. The number of carbonyl (C=O) groups excluding carboxylic acids is 1. The maximum Gasteiger partial charge on any atom is 0.314 e. The lowest BCUT2D eigenvalue weighted by molar-refractivity contribution is -0.391. The monoisotopic (exact) mass is 934 g/mol. The molecule has 4 aliphatic heterocycles. The van der Waals surface area contributed by atoms with Crippen molar-refractivity contribution in [3.63, 3.8) is 0 Å². The van der Waals surface area contributed by atoms with Crippen molar-refractivity contribution in [1.82, 2.24) is 0 Å². The van der Waals surface area contributed by atoms with Crippen LogP contribution in [0.2, 0.25) is 0 Å². The van der Waals surface area contributed by atoms with E-state index in [0.29, 0.717) is 51.4 Å². The van der Waals surface area contributed by atoms with Crippen molar-refractivity contribution >= 4 is 5.97 Å². The van der Waals surface area contributed by atoms with E-state index in [0.717, 1.165) is 12.0 Å². The highest BCUT2D eigenvalue weighted by Crippen LogP contribution is 2.73. The van der Waals surface area contributed by atoms with Crippen LogP contribution < -0.4 is 0 Å². The van der Waals surface area contributed by atoms with Crippen molar-refractivity contribution < 1.29 is 104 Å². The maximum absolute atomic E-state index is 14.3. The zero-order valence-electron chi connectivity index (χ0n) is 36.9. The lowest BCUT2D eigenvalue weighted by Gasteiger charge is -2.64. The summed E-state index contributed by atoms with van der Waals surface area (Å²) in [7, 11) is 0. The van der Waals surface area contributed by atoms with Gasteiger partial charge in [0.2, 0.25) is 6.29 Å². The fraction of sp³-hybridized carbons (Fsp3) is 0.932. The Balaban J connectivity index is 1.05. The van der Waals surface area contributed by atoms with Gasteiger partial charge in [0.25, 0.3) is 0 Å². The fourth-order valence-electron chi connectivity index (χ4n) is 13.4. The molecule has 0 amide bonds. The second-order valence-electron chi connectivity index (χ2n) is 20.6. The first kappa shape index (κ1) is 49.9. The first-order chi connectivity index (χ1) is 30.8. The SMILES string of the molecule is C=C1C[C@@]23CC[C@H]4[C@@](C)(CCC[C@@]4(C)C(=O)O[C@@H]4O[C@H](CO)[C@@H](O)[C@H](O)[C@@H]4O)[C@@H]2CC[C@]1(O[C@@H]1O[C@H](CCO)[C@@H](O)[C@H](O[C@@H]2O[C@H](CO)[C@@H](O)[C@H](O)[C@H]2O)[C@H]1O[C@@H]1OC[C@@H](O)C[C@H]1O)C3. The van der Waals surface area contributed by atoms with Crippen LogP contribution in [0.5, 0.6) is 0 Å². The van der Waals surface area contributed by atoms with E-state index in [-0.39, 0.29) is 42.1 Å². The van der Waals surface area contributed by atoms with Gasteiger partial charge in [-0.1, -0.05) is 19.9 Å². The van der Waals surface area contributed by atoms with E-state index in [9.17, 15) is 66.1 Å². The van der Waals surface area contributed by atoms with Crippen LogP contribution in [-0.2, 0) is 42.7 Å². The van der Waals surface area contributed by atoms with E-state index < -0.39 is 147 Å². The molecule has 8 rings (SSSR count). The predicted molar refractivity (Wildman–Crippen MR) is 216 cm³/mol. The standard InChI is InChI=1S/C44H70O21/c1-19-14-43-10-5-25-41(2,8-4-9-42(25,3)40(57)64-38-33(56)31(54)28(51)24(16-47)61-38)26(43)6-11-44(19,18-43)65-39-35(63-36-21(49)13-20(48)17-58-36)34(29(52)22(59-39)7-12-45)62-37-32(55)30(53)27(50)23(15-46)60-37/h20-39,45-56H,1,4-18H2,2-3H3/t20-,21+,22+,23+,24+,25-,26-,27+,28+,29+,30-,31-,32+,33-,34-,35+,36-,37-,38-,39-,41+,42+,43+,44-/m0/s1. The fourth-order valence-corrected chi connectivity index (χ4v) is 13.4. The maximum atomic E-state index is 14.3. The Morgan fingerprint density at radius 2 is 1.31 bits per heavy atom. The summed E-state index contributed by atoms with van der Waals surface area (Å²) in [5.74, 6) is -0.660. The van der Waals surface area contributed by atoms with Crippen molar-refractivity contribution in [2.24, 2.45) is 28.1 Å². The molecule has 0 radical (unpaired) electrons. The summed E-state index contributed by atoms with van der Waals surface area (Å²) >= 11 is 0. The van der Waals surface area contributed by atoms with Crippen molar-refractivity contribution in [3.05, 3.63) is 12.2 Å². The van der Waals surface area contributed by atoms with E-state index in [1.807, 2.05) is 6.92 Å². The van der Waals surface area contributed by atoms with Gasteiger partial charge in [-0.05, 0) is 93.0 Å². The third-order valence-electron chi connectivity index (χ3n) is 16.8. The van der Waals surface area contributed by atoms with Gasteiger partial charge in [-0.25, -0.2) is 0 Å². The minimum Gasteiger partial charge on any atom is -0.432 e. The zero-order chi connectivity index (χ0) is 47.0. The Morgan fingerprint density at radius 1 is 0.692 bits per heavy atom. The minimum absolute atomic E-state index is 0.0900. The van der Waals surface area contributed by atoms with Crippen LogP contribution in [-0.4, -0.2) is 210 Å². The summed E-state index contributed by atoms with van der Waals surface area (Å²) in [5.41, 5.74) is -1.94. The van der Waals surface area contributed by atoms with Crippen molar-refractivity contribution in [3.8, 4) is 0 Å². The van der Waals surface area contributed by atoms with Gasteiger partial charge in [-0.3, -0.25) is 4.79 Å². The molecular formula is C44H70O21. The van der Waals surface area contributed by atoms with E-state index in [4.69, 9.17) is 37.9 Å². The molecule has 65 heavy (non-hydrogen) atoms. The highest BCUT2D eigenvalue weighted by Gasteiger charge is 2.69. The van der Waals surface area contributed by atoms with Crippen LogP contribution >= 0.6 is 0 Å². The molecule has 24 atom stereocenters. The van der Waals surface area contributed by atoms with Gasteiger partial charge in [-0.2, -0.15) is 0 Å². The largest absolute Gasteiger partial charge is 0.432 e. The molecule has 4 aliphatic carbocycles. The summed E-state index contributed by atoms with van der Waals surface area (Å²) < 4.78 is 48.9. The molecule has 4 saturated heterocycles. The topological polar surface area (TPSA) is 334 Å². The molecule has 0 aromatic rings. The predicted octanol–water partition coefficient (Wildman–Crippen LogP) is -3.06. The molecule has 0 aromatic carbocycles. The molecule has 1 spiro atoms. The lowest BCUT2D eigenvalue weighted by Crippen LogP contribution is -2.66. The second-order valence-corrected chi connectivity index (χ2v) is 20.6. The number of fused-ring (bicyclic) bond motifs is 3. The molecule has 21 nitrogen and oxygen atoms in total. The van der Waals surface area contributed by atoms with Gasteiger partial charge in [0.05, 0.1) is 43.0 Å². The quantitative estimate of drug-likeness (QED) is 0.0525. The number of aliphatic hydroxyl groups is 12. The Morgan fingerprint density at radius 3 is 1.95 bits per heavy atom. The molecule has 372 valence electrons. The Bertz CT molecular complexity index is 1690. The van der Waals surface area contributed by atoms with Crippen molar-refractivity contribution in [1.29, 1.82) is 0 Å². The Labute approximate surface area is 376 Å². The van der Waals surface area contributed by atoms with Crippen molar-refractivity contribution in [2.75, 3.05) is 26.4 Å². The highest BCUT2D eigenvalue weighted by molar-refractivity contribution is 5.77. The van der Waals surface area contributed by atoms with Crippen LogP contribution in [0.1, 0.15) is 84.5 Å². The molecule has 8 fully saturated rings. The zero-order valence-corrected chi connectivity index (χ0v) is 36.9. The number of hydrogen-bond donors (Lipinski definition) is 12. The van der Waals surface area contributed by atoms with Crippen LogP contribution in [0.4, 0.5) is 0 Å². The highest BCUT2D eigenvalue weighted by atomic mass is 16.8. The lowest BCUT2D eigenvalue weighted by atomic mass is 9.41. The van der Waals surface area contributed by atoms with E-state index in [2.05, 4.69) is 13.5 Å². The molecule has 21 heteroatoms. The second kappa shape index (κ2) is 19.0. The van der Waals surface area contributed by atoms with Gasteiger partial charge in [-0.15, -0.1) is 0 Å². The third-order valence-corrected chi connectivity index (χ3v) is 16.8. The smallest absolute Gasteiger partial charge is 0.314 e. The third kappa shape index (κ3) is 8.65. The summed E-state index contributed by atoms with van der Waals surface area (Å²) in [5, 5.41) is 126. The van der Waals surface area contributed by atoms with Gasteiger partial charge < -0.3 is 99.2 Å². The molecule has 2 bridgehead atoms. The first-order valence-electron chi connectivity index (χ1n) is 23.2. The molecule has 4 heterocycles. The average molecular weight is 935 g/mol. The average Bonchev–Trinajstić information content (AvgIpc) is 3.46. The molecule has 0 aromatic heterocycles. The molecule has 0 unspecified atom stereocenters. The number of carbonyl (C=O) groups is 1. The van der Waals surface area contributed by atoms with Gasteiger partial charge >= 0.3 is 5.97 Å². The summed E-state index contributed by atoms with van der Waals surface area (Å²) in [6.45, 7) is 6.62. The number of aliphatic hydroxyl groups excluding tert-OH is 12. The molecular weight excluding hydrogens is 864 g/mol. The van der Waals surface area contributed by atoms with Crippen LogP contribution in [0.3, 0.4) is 0 Å². The van der Waals surface area contributed by atoms with Crippen LogP contribution in [0.15, 0.2) is 12.2 Å². The normalized spacial score (nSPS) is 53.5. The number of ether oxygens (including phenoxy) is 8. The van der Waals surface area contributed by atoms with E-state index >= 15 is 0 Å². The summed E-state index contributed by atoms with van der Waals surface area (Å²) in [4.78, 5) is 14.3. The first-order valence-corrected chi connectivity index (χ1v) is 23.2. The molecule has 8 aliphatic rings. The van der Waals surface area contributed by atoms with E-state index in [1.165, 1.54) is 0 Å². The summed E-state index contributed by atoms with van der Waals surface area (Å²) in [6, 6.07) is 0. The summed E-state index contributed by atoms with van der Waals surface area (Å²) in [6.07, 6.45) is -21.8. The van der Waals surface area contributed by atoms with Gasteiger partial charge in [0.1, 0.15) is 73.2 Å². The Hall–Kier alpha value is -1.55. The van der Waals surface area contributed by atoms with Crippen LogP contribution in [0, 0.1) is 28.1 Å². The molecule has 4 saturated carbocycles. The van der Waals surface area contributed by atoms with Crippen molar-refractivity contribution in [2.45, 2.75) is 201 Å². The minimum atomic E-state index is -1.86. The number of rotatable bonds is 12. The van der Waals surface area contributed by atoms with Crippen LogP contribution in [0.25, 0.3) is 0 Å². The Kier molecular flexibility index (Phi) is 14.6.